The number of thiophene rings is 1. The predicted molar refractivity (Wildman–Crippen MR) is 116 cm³/mol. The van der Waals surface area contributed by atoms with Gasteiger partial charge in [-0.3, -0.25) is 0 Å². The SMILES string of the molecule is Clc1cc(Cl)cc(Nc2nc(NCCc3cccs3)c3ccccc3n2)c1. The average Bonchev–Trinajstić information content (AvgIpc) is 3.14. The molecule has 0 aliphatic rings. The number of hydrogen-bond donors (Lipinski definition) is 2. The summed E-state index contributed by atoms with van der Waals surface area (Å²) in [7, 11) is 0. The van der Waals surface area contributed by atoms with E-state index in [-0.39, 0.29) is 0 Å². The van der Waals surface area contributed by atoms with Crippen LogP contribution >= 0.6 is 34.5 Å². The molecule has 0 unspecified atom stereocenters. The topological polar surface area (TPSA) is 49.8 Å². The lowest BCUT2D eigenvalue weighted by molar-refractivity contribution is 1.03. The van der Waals surface area contributed by atoms with Gasteiger partial charge in [0.25, 0.3) is 0 Å². The Morgan fingerprint density at radius 2 is 1.74 bits per heavy atom. The van der Waals surface area contributed by atoms with Crippen molar-refractivity contribution >= 4 is 62.9 Å². The number of anilines is 3. The van der Waals surface area contributed by atoms with Crippen LogP contribution in [0.3, 0.4) is 0 Å². The van der Waals surface area contributed by atoms with E-state index in [0.29, 0.717) is 16.0 Å². The van der Waals surface area contributed by atoms with Crippen molar-refractivity contribution in [1.82, 2.24) is 9.97 Å². The van der Waals surface area contributed by atoms with Crippen LogP contribution in [0.5, 0.6) is 0 Å². The molecule has 0 saturated heterocycles. The molecule has 2 N–H and O–H groups in total. The zero-order valence-corrected chi connectivity index (χ0v) is 16.6. The molecule has 0 aliphatic carbocycles. The highest BCUT2D eigenvalue weighted by atomic mass is 35.5. The van der Waals surface area contributed by atoms with Gasteiger partial charge in [-0.15, -0.1) is 11.3 Å². The van der Waals surface area contributed by atoms with Crippen molar-refractivity contribution in [3.63, 3.8) is 0 Å². The standard InChI is InChI=1S/C20H16Cl2N4S/c21-13-10-14(22)12-15(11-13)24-20-25-18-6-2-1-5-17(18)19(26-20)23-8-7-16-4-3-9-27-16/h1-6,9-12H,7-8H2,(H2,23,24,25,26). The average molecular weight is 415 g/mol. The quantitative estimate of drug-likeness (QED) is 0.383. The third-order valence-corrected chi connectivity index (χ3v) is 5.34. The van der Waals surface area contributed by atoms with E-state index < -0.39 is 0 Å². The molecule has 0 spiro atoms. The molecule has 0 atom stereocenters. The minimum absolute atomic E-state index is 0.491. The Bertz CT molecular complexity index is 1050. The smallest absolute Gasteiger partial charge is 0.229 e. The van der Waals surface area contributed by atoms with Crippen molar-refractivity contribution in [3.8, 4) is 0 Å². The van der Waals surface area contributed by atoms with Gasteiger partial charge >= 0.3 is 0 Å². The van der Waals surface area contributed by atoms with Crippen molar-refractivity contribution < 1.29 is 0 Å². The van der Waals surface area contributed by atoms with Crippen molar-refractivity contribution in [3.05, 3.63) is 74.9 Å². The van der Waals surface area contributed by atoms with Gasteiger partial charge in [-0.25, -0.2) is 4.98 Å². The number of halogens is 2. The van der Waals surface area contributed by atoms with Crippen LogP contribution in [-0.4, -0.2) is 16.5 Å². The molecule has 136 valence electrons. The number of nitrogens with zero attached hydrogens (tertiary/aromatic N) is 2. The first-order valence-corrected chi connectivity index (χ1v) is 10.1. The predicted octanol–water partition coefficient (Wildman–Crippen LogP) is 6.40. The highest BCUT2D eigenvalue weighted by molar-refractivity contribution is 7.09. The Morgan fingerprint density at radius 3 is 2.52 bits per heavy atom. The van der Waals surface area contributed by atoms with Gasteiger partial charge in [-0.1, -0.05) is 41.4 Å². The van der Waals surface area contributed by atoms with E-state index in [0.717, 1.165) is 35.4 Å². The Hall–Kier alpha value is -2.34. The summed E-state index contributed by atoms with van der Waals surface area (Å²) in [5.41, 5.74) is 1.61. The van der Waals surface area contributed by atoms with E-state index in [9.17, 15) is 0 Å². The lowest BCUT2D eigenvalue weighted by Crippen LogP contribution is -2.08. The summed E-state index contributed by atoms with van der Waals surface area (Å²) >= 11 is 13.9. The summed E-state index contributed by atoms with van der Waals surface area (Å²) in [6, 6.07) is 17.4. The van der Waals surface area contributed by atoms with Crippen LogP contribution in [0.25, 0.3) is 10.9 Å². The third-order valence-electron chi connectivity index (χ3n) is 3.97. The summed E-state index contributed by atoms with van der Waals surface area (Å²) in [6.45, 7) is 0.796. The number of rotatable bonds is 6. The Morgan fingerprint density at radius 1 is 0.926 bits per heavy atom. The van der Waals surface area contributed by atoms with Crippen molar-refractivity contribution in [2.24, 2.45) is 0 Å². The Balaban J connectivity index is 1.61. The second kappa shape index (κ2) is 8.13. The van der Waals surface area contributed by atoms with Gasteiger partial charge in [0.15, 0.2) is 0 Å². The Kier molecular flexibility index (Phi) is 5.43. The van der Waals surface area contributed by atoms with Gasteiger partial charge in [0.1, 0.15) is 5.82 Å². The fraction of sp³-hybridized carbons (Fsp3) is 0.100. The van der Waals surface area contributed by atoms with Gasteiger partial charge in [0.2, 0.25) is 5.95 Å². The molecule has 2 aromatic heterocycles. The summed E-state index contributed by atoms with van der Waals surface area (Å²) in [4.78, 5) is 10.6. The van der Waals surface area contributed by atoms with Gasteiger partial charge in [0, 0.05) is 32.5 Å². The van der Waals surface area contributed by atoms with Crippen molar-refractivity contribution in [1.29, 1.82) is 0 Å². The zero-order chi connectivity index (χ0) is 18.6. The first kappa shape index (κ1) is 18.0. The number of benzene rings is 2. The molecule has 27 heavy (non-hydrogen) atoms. The van der Waals surface area contributed by atoms with Crippen LogP contribution < -0.4 is 10.6 Å². The first-order chi connectivity index (χ1) is 13.2. The normalized spacial score (nSPS) is 10.9. The largest absolute Gasteiger partial charge is 0.369 e. The molecule has 2 heterocycles. The molecular weight excluding hydrogens is 399 g/mol. The second-order valence-electron chi connectivity index (χ2n) is 5.95. The van der Waals surface area contributed by atoms with E-state index >= 15 is 0 Å². The van der Waals surface area contributed by atoms with Crippen LogP contribution in [0.15, 0.2) is 60.0 Å². The molecule has 0 amide bonds. The first-order valence-electron chi connectivity index (χ1n) is 8.43. The molecule has 0 saturated carbocycles. The van der Waals surface area contributed by atoms with Crippen LogP contribution in [0.2, 0.25) is 10.0 Å². The lowest BCUT2D eigenvalue weighted by Gasteiger charge is -2.12. The maximum absolute atomic E-state index is 6.08. The fourth-order valence-corrected chi connectivity index (χ4v) is 4.02. The molecule has 2 aromatic carbocycles. The number of fused-ring (bicyclic) bond motifs is 1. The lowest BCUT2D eigenvalue weighted by atomic mass is 10.2. The second-order valence-corrected chi connectivity index (χ2v) is 7.86. The van der Waals surface area contributed by atoms with Crippen LogP contribution in [-0.2, 0) is 6.42 Å². The molecular formula is C20H16Cl2N4S. The minimum atomic E-state index is 0.491. The highest BCUT2D eigenvalue weighted by Gasteiger charge is 2.08. The molecule has 4 aromatic rings. The number of para-hydroxylation sites is 1. The van der Waals surface area contributed by atoms with E-state index in [1.165, 1.54) is 4.88 Å². The molecule has 4 nitrogen and oxygen atoms in total. The Labute approximate surface area is 171 Å². The van der Waals surface area contributed by atoms with E-state index in [1.807, 2.05) is 24.3 Å². The maximum atomic E-state index is 6.08. The molecule has 0 radical (unpaired) electrons. The van der Waals surface area contributed by atoms with Gasteiger partial charge < -0.3 is 10.6 Å². The summed E-state index contributed by atoms with van der Waals surface area (Å²) in [5.74, 6) is 1.29. The van der Waals surface area contributed by atoms with Gasteiger partial charge in [-0.2, -0.15) is 4.98 Å². The molecule has 0 aliphatic heterocycles. The fourth-order valence-electron chi connectivity index (χ4n) is 2.78. The number of aromatic nitrogens is 2. The maximum Gasteiger partial charge on any atom is 0.229 e. The van der Waals surface area contributed by atoms with Crippen molar-refractivity contribution in [2.75, 3.05) is 17.2 Å². The van der Waals surface area contributed by atoms with E-state index in [2.05, 4.69) is 38.1 Å². The van der Waals surface area contributed by atoms with E-state index in [1.54, 1.807) is 29.5 Å². The molecule has 0 bridgehead atoms. The van der Waals surface area contributed by atoms with Crippen LogP contribution in [0.4, 0.5) is 17.5 Å². The molecule has 0 fully saturated rings. The summed E-state index contributed by atoms with van der Waals surface area (Å²) < 4.78 is 0. The van der Waals surface area contributed by atoms with E-state index in [4.69, 9.17) is 23.2 Å². The van der Waals surface area contributed by atoms with Crippen LogP contribution in [0, 0.1) is 0 Å². The summed E-state index contributed by atoms with van der Waals surface area (Å²) in [5, 5.41) is 10.8. The number of hydrogen-bond acceptors (Lipinski definition) is 5. The summed E-state index contributed by atoms with van der Waals surface area (Å²) in [6.07, 6.45) is 0.947. The highest BCUT2D eigenvalue weighted by Crippen LogP contribution is 2.27. The van der Waals surface area contributed by atoms with Gasteiger partial charge in [-0.05, 0) is 48.2 Å². The molecule has 4 rings (SSSR count). The van der Waals surface area contributed by atoms with Crippen LogP contribution in [0.1, 0.15) is 4.88 Å². The molecule has 7 heteroatoms. The number of nitrogens with one attached hydrogen (secondary N) is 2. The zero-order valence-electron chi connectivity index (χ0n) is 14.2. The van der Waals surface area contributed by atoms with Gasteiger partial charge in [0.05, 0.1) is 5.52 Å². The monoisotopic (exact) mass is 414 g/mol. The van der Waals surface area contributed by atoms with Crippen molar-refractivity contribution in [2.45, 2.75) is 6.42 Å². The minimum Gasteiger partial charge on any atom is -0.369 e. The third kappa shape index (κ3) is 4.50.